The number of hydrogen-bond acceptors (Lipinski definition) is 7. The summed E-state index contributed by atoms with van der Waals surface area (Å²) in [4.78, 5) is 50.1. The highest BCUT2D eigenvalue weighted by atomic mass is 16.6. The Hall–Kier alpha value is -1.44. The quantitative estimate of drug-likeness (QED) is 0.397. The van der Waals surface area contributed by atoms with Gasteiger partial charge in [0.25, 0.3) is 0 Å². The third kappa shape index (κ3) is 1.70. The summed E-state index contributed by atoms with van der Waals surface area (Å²) in [6.45, 7) is 2.99. The second-order valence-electron chi connectivity index (χ2n) is 9.93. The van der Waals surface area contributed by atoms with Crippen molar-refractivity contribution in [2.75, 3.05) is 6.61 Å². The lowest BCUT2D eigenvalue weighted by atomic mass is 9.43. The molecule has 0 aromatic rings. The van der Waals surface area contributed by atoms with Gasteiger partial charge in [0.05, 0.1) is 17.9 Å². The second kappa shape index (κ2) is 5.18. The van der Waals surface area contributed by atoms with Crippen LogP contribution in [-0.4, -0.2) is 57.3 Å². The minimum atomic E-state index is -1.59. The maximum absolute atomic E-state index is 13.1. The Kier molecular flexibility index (Phi) is 3.44. The topological polar surface area (TPSA) is 121 Å². The van der Waals surface area contributed by atoms with Gasteiger partial charge in [0.15, 0.2) is 5.78 Å². The van der Waals surface area contributed by atoms with Gasteiger partial charge < -0.3 is 14.9 Å². The molecule has 2 N–H and O–H groups in total. The van der Waals surface area contributed by atoms with Gasteiger partial charge in [0.2, 0.25) is 11.6 Å². The van der Waals surface area contributed by atoms with E-state index in [9.17, 15) is 29.4 Å². The molecule has 5 fully saturated rings. The third-order valence-electron chi connectivity index (χ3n) is 9.36. The zero-order valence-electron chi connectivity index (χ0n) is 16.2. The molecule has 0 aromatic heterocycles. The van der Waals surface area contributed by atoms with Crippen LogP contribution in [-0.2, 0) is 23.9 Å². The Morgan fingerprint density at radius 2 is 1.86 bits per heavy atom. The van der Waals surface area contributed by atoms with E-state index in [0.717, 1.165) is 0 Å². The average Bonchev–Trinajstić information content (AvgIpc) is 3.31. The summed E-state index contributed by atoms with van der Waals surface area (Å²) < 4.78 is 6.23. The standard InChI is InChI=1S/C21H26O7/c1-18-8-16-21(28-16)11(10(18)5-6-20(18,27)15(25)9-22)3-4-12-17(26)13(23)7-14(24)19(12,21)2/h10-12,16,22,27H,3-9H2,1-2H3/t10-,11-,12?,16-,18-,19+,20-,21+/m0/s1. The molecule has 4 saturated carbocycles. The summed E-state index contributed by atoms with van der Waals surface area (Å²) in [6.07, 6.45) is 1.72. The summed E-state index contributed by atoms with van der Waals surface area (Å²) in [5, 5.41) is 20.6. The first-order valence-corrected chi connectivity index (χ1v) is 10.2. The van der Waals surface area contributed by atoms with Gasteiger partial charge in [0, 0.05) is 11.3 Å². The van der Waals surface area contributed by atoms with Gasteiger partial charge in [0.1, 0.15) is 23.6 Å². The van der Waals surface area contributed by atoms with E-state index < -0.39 is 51.9 Å². The normalized spacial score (nSPS) is 54.5. The van der Waals surface area contributed by atoms with E-state index >= 15 is 0 Å². The number of ether oxygens (including phenoxy) is 1. The lowest BCUT2D eigenvalue weighted by Gasteiger charge is -2.57. The Bertz CT molecular complexity index is 835. The predicted molar refractivity (Wildman–Crippen MR) is 94.1 cm³/mol. The molecule has 8 atom stereocenters. The lowest BCUT2D eigenvalue weighted by molar-refractivity contribution is -0.173. The van der Waals surface area contributed by atoms with Gasteiger partial charge in [-0.1, -0.05) is 6.92 Å². The molecule has 1 heterocycles. The molecule has 1 aliphatic heterocycles. The molecule has 1 spiro atoms. The third-order valence-corrected chi connectivity index (χ3v) is 9.36. The first-order valence-electron chi connectivity index (χ1n) is 10.2. The van der Waals surface area contributed by atoms with Gasteiger partial charge in [-0.25, -0.2) is 0 Å². The van der Waals surface area contributed by atoms with Crippen LogP contribution in [0.3, 0.4) is 0 Å². The number of ketones is 4. The smallest absolute Gasteiger partial charge is 0.206 e. The van der Waals surface area contributed by atoms with E-state index in [0.29, 0.717) is 32.1 Å². The van der Waals surface area contributed by atoms with Gasteiger partial charge in [-0.2, -0.15) is 0 Å². The number of epoxide rings is 1. The van der Waals surface area contributed by atoms with Crippen LogP contribution in [0.5, 0.6) is 0 Å². The van der Waals surface area contributed by atoms with Crippen LogP contribution >= 0.6 is 0 Å². The fraction of sp³-hybridized carbons (Fsp3) is 0.810. The molecular weight excluding hydrogens is 364 g/mol. The van der Waals surface area contributed by atoms with Crippen molar-refractivity contribution in [1.82, 2.24) is 0 Å². The van der Waals surface area contributed by atoms with Crippen LogP contribution < -0.4 is 0 Å². The highest BCUT2D eigenvalue weighted by molar-refractivity contribution is 6.44. The molecule has 28 heavy (non-hydrogen) atoms. The Morgan fingerprint density at radius 1 is 1.14 bits per heavy atom. The van der Waals surface area contributed by atoms with Crippen LogP contribution in [0.1, 0.15) is 52.4 Å². The van der Waals surface area contributed by atoms with Gasteiger partial charge in [-0.15, -0.1) is 0 Å². The van der Waals surface area contributed by atoms with Crippen LogP contribution in [0.15, 0.2) is 0 Å². The average molecular weight is 390 g/mol. The molecule has 7 heteroatoms. The van der Waals surface area contributed by atoms with E-state index in [1.807, 2.05) is 6.92 Å². The largest absolute Gasteiger partial charge is 0.388 e. The molecule has 152 valence electrons. The maximum Gasteiger partial charge on any atom is 0.206 e. The van der Waals surface area contributed by atoms with E-state index in [-0.39, 0.29) is 30.1 Å². The van der Waals surface area contributed by atoms with Crippen molar-refractivity contribution in [2.24, 2.45) is 28.6 Å². The van der Waals surface area contributed by atoms with E-state index in [2.05, 4.69) is 0 Å². The summed E-state index contributed by atoms with van der Waals surface area (Å²) in [7, 11) is 0. The molecule has 0 aromatic carbocycles. The molecule has 4 aliphatic carbocycles. The number of aliphatic hydroxyl groups is 2. The molecule has 1 unspecified atom stereocenters. The highest BCUT2D eigenvalue weighted by Crippen LogP contribution is 2.76. The van der Waals surface area contributed by atoms with Crippen molar-refractivity contribution >= 4 is 23.1 Å². The number of aliphatic hydroxyl groups excluding tert-OH is 1. The Labute approximate surface area is 162 Å². The van der Waals surface area contributed by atoms with Gasteiger partial charge >= 0.3 is 0 Å². The van der Waals surface area contributed by atoms with Crippen LogP contribution in [0, 0.1) is 28.6 Å². The fourth-order valence-electron chi connectivity index (χ4n) is 7.82. The number of carbonyl (C=O) groups is 4. The molecule has 0 amide bonds. The number of fused-ring (bicyclic) bond motifs is 3. The highest BCUT2D eigenvalue weighted by Gasteiger charge is 2.84. The van der Waals surface area contributed by atoms with Crippen LogP contribution in [0.2, 0.25) is 0 Å². The molecule has 5 rings (SSSR count). The number of Topliss-reactive ketones (excluding diaryl/α,β-unsaturated/α-hetero) is 4. The van der Waals surface area contributed by atoms with Crippen molar-refractivity contribution < 1.29 is 34.1 Å². The van der Waals surface area contributed by atoms with Crippen molar-refractivity contribution in [3.8, 4) is 0 Å². The zero-order chi connectivity index (χ0) is 20.3. The Balaban J connectivity index is 1.58. The Morgan fingerprint density at radius 3 is 2.54 bits per heavy atom. The molecule has 1 saturated heterocycles. The minimum absolute atomic E-state index is 0.0370. The first kappa shape index (κ1) is 18.6. The monoisotopic (exact) mass is 390 g/mol. The molecule has 0 radical (unpaired) electrons. The SMILES string of the molecule is C[C@]12C(=O)CC(=O)C(=O)C1CC[C@H]1[C@@H]3CC[C@](O)(C(=O)CO)[C@@]3(C)C[C@@H]3O[C@@]312. The zero-order valence-corrected chi connectivity index (χ0v) is 16.2. The van der Waals surface area contributed by atoms with Crippen LogP contribution in [0.4, 0.5) is 0 Å². The van der Waals surface area contributed by atoms with E-state index in [1.54, 1.807) is 6.92 Å². The fourth-order valence-corrected chi connectivity index (χ4v) is 7.82. The van der Waals surface area contributed by atoms with Crippen molar-refractivity contribution in [3.63, 3.8) is 0 Å². The number of rotatable bonds is 2. The van der Waals surface area contributed by atoms with Crippen molar-refractivity contribution in [3.05, 3.63) is 0 Å². The first-order chi connectivity index (χ1) is 13.1. The van der Waals surface area contributed by atoms with Gasteiger partial charge in [-0.05, 0) is 50.9 Å². The van der Waals surface area contributed by atoms with E-state index in [1.165, 1.54) is 0 Å². The molecule has 5 aliphatic rings. The number of carbonyl (C=O) groups excluding carboxylic acids is 4. The maximum atomic E-state index is 13.1. The van der Waals surface area contributed by atoms with Crippen LogP contribution in [0.25, 0.3) is 0 Å². The predicted octanol–water partition coefficient (Wildman–Crippen LogP) is 0.380. The molecule has 7 nitrogen and oxygen atoms in total. The van der Waals surface area contributed by atoms with E-state index in [4.69, 9.17) is 4.74 Å². The van der Waals surface area contributed by atoms with Crippen molar-refractivity contribution in [2.45, 2.75) is 69.7 Å². The van der Waals surface area contributed by atoms with Crippen molar-refractivity contribution in [1.29, 1.82) is 0 Å². The summed E-state index contributed by atoms with van der Waals surface area (Å²) in [6, 6.07) is 0. The number of hydrogen-bond donors (Lipinski definition) is 2. The molecule has 0 bridgehead atoms. The summed E-state index contributed by atoms with van der Waals surface area (Å²) in [5.41, 5.74) is -4.12. The minimum Gasteiger partial charge on any atom is -0.388 e. The van der Waals surface area contributed by atoms with Gasteiger partial charge in [-0.3, -0.25) is 19.2 Å². The summed E-state index contributed by atoms with van der Waals surface area (Å²) >= 11 is 0. The summed E-state index contributed by atoms with van der Waals surface area (Å²) in [5.74, 6) is -2.53. The lowest BCUT2D eigenvalue weighted by Crippen LogP contribution is -2.67. The second-order valence-corrected chi connectivity index (χ2v) is 9.93. The molecular formula is C21H26O7.